The van der Waals surface area contributed by atoms with E-state index in [9.17, 15) is 0 Å². The van der Waals surface area contributed by atoms with Gasteiger partial charge in [0.1, 0.15) is 5.82 Å². The Bertz CT molecular complexity index is 618. The molecular formula is C15H21N3O2. The molecule has 0 aliphatic heterocycles. The lowest BCUT2D eigenvalue weighted by Gasteiger charge is -2.18. The molecule has 1 aromatic heterocycles. The first-order valence-electron chi connectivity index (χ1n) is 6.54. The van der Waals surface area contributed by atoms with E-state index in [0.717, 1.165) is 16.7 Å². The van der Waals surface area contributed by atoms with E-state index in [1.807, 2.05) is 19.2 Å². The Morgan fingerprint density at radius 1 is 1.20 bits per heavy atom. The highest BCUT2D eigenvalue weighted by atomic mass is 16.5. The van der Waals surface area contributed by atoms with Crippen molar-refractivity contribution in [2.75, 3.05) is 20.0 Å². The lowest BCUT2D eigenvalue weighted by Crippen LogP contribution is -2.02. The van der Waals surface area contributed by atoms with Crippen LogP contribution in [0.2, 0.25) is 0 Å². The van der Waals surface area contributed by atoms with Gasteiger partial charge in [-0.3, -0.25) is 4.68 Å². The quantitative estimate of drug-likeness (QED) is 0.932. The topological polar surface area (TPSA) is 62.3 Å². The van der Waals surface area contributed by atoms with Crippen LogP contribution in [0.15, 0.2) is 18.3 Å². The standard InChI is InChI=1S/C15H21N3O2/c1-9(2)10-6-7-12(19-4)14(20-5)13(10)11-8-17-18(3)15(11)16/h6-9H,16H2,1-5H3. The van der Waals surface area contributed by atoms with Gasteiger partial charge in [-0.15, -0.1) is 0 Å². The van der Waals surface area contributed by atoms with Gasteiger partial charge in [0.2, 0.25) is 0 Å². The second kappa shape index (κ2) is 5.45. The van der Waals surface area contributed by atoms with Gasteiger partial charge in [0, 0.05) is 18.2 Å². The Morgan fingerprint density at radius 2 is 1.90 bits per heavy atom. The van der Waals surface area contributed by atoms with Gasteiger partial charge in [-0.2, -0.15) is 5.10 Å². The third kappa shape index (κ3) is 2.19. The van der Waals surface area contributed by atoms with Crippen molar-refractivity contribution >= 4 is 5.82 Å². The van der Waals surface area contributed by atoms with E-state index in [1.54, 1.807) is 25.1 Å². The second-order valence-corrected chi connectivity index (χ2v) is 4.99. The predicted molar refractivity (Wildman–Crippen MR) is 80.2 cm³/mol. The van der Waals surface area contributed by atoms with Crippen LogP contribution in [-0.4, -0.2) is 24.0 Å². The summed E-state index contributed by atoms with van der Waals surface area (Å²) in [6.07, 6.45) is 1.76. The maximum absolute atomic E-state index is 6.12. The monoisotopic (exact) mass is 275 g/mol. The highest BCUT2D eigenvalue weighted by molar-refractivity contribution is 5.83. The van der Waals surface area contributed by atoms with Gasteiger partial charge in [-0.25, -0.2) is 0 Å². The number of anilines is 1. The predicted octanol–water partition coefficient (Wildman–Crippen LogP) is 2.81. The van der Waals surface area contributed by atoms with Gasteiger partial charge in [0.15, 0.2) is 11.5 Å². The first-order valence-corrected chi connectivity index (χ1v) is 6.54. The average Bonchev–Trinajstić information content (AvgIpc) is 2.76. The minimum absolute atomic E-state index is 0.337. The minimum Gasteiger partial charge on any atom is -0.493 e. The summed E-state index contributed by atoms with van der Waals surface area (Å²) in [7, 11) is 5.09. The highest BCUT2D eigenvalue weighted by Crippen LogP contribution is 2.44. The van der Waals surface area contributed by atoms with Crippen molar-refractivity contribution < 1.29 is 9.47 Å². The molecule has 0 fully saturated rings. The fourth-order valence-electron chi connectivity index (χ4n) is 2.34. The number of nitrogen functional groups attached to an aromatic ring is 1. The smallest absolute Gasteiger partial charge is 0.169 e. The fourth-order valence-corrected chi connectivity index (χ4v) is 2.34. The molecule has 0 spiro atoms. The van der Waals surface area contributed by atoms with Crippen molar-refractivity contribution in [1.82, 2.24) is 9.78 Å². The van der Waals surface area contributed by atoms with Gasteiger partial charge in [-0.05, 0) is 17.5 Å². The van der Waals surface area contributed by atoms with Gasteiger partial charge >= 0.3 is 0 Å². The molecule has 0 saturated carbocycles. The third-order valence-corrected chi connectivity index (χ3v) is 3.45. The van der Waals surface area contributed by atoms with Crippen molar-refractivity contribution in [3.63, 3.8) is 0 Å². The van der Waals surface area contributed by atoms with E-state index in [4.69, 9.17) is 15.2 Å². The number of aromatic nitrogens is 2. The number of aryl methyl sites for hydroxylation is 1. The van der Waals surface area contributed by atoms with E-state index in [2.05, 4.69) is 18.9 Å². The van der Waals surface area contributed by atoms with E-state index in [1.165, 1.54) is 0 Å². The van der Waals surface area contributed by atoms with Crippen LogP contribution in [0.1, 0.15) is 25.3 Å². The number of hydrogen-bond donors (Lipinski definition) is 1. The van der Waals surface area contributed by atoms with Gasteiger partial charge in [-0.1, -0.05) is 19.9 Å². The number of benzene rings is 1. The number of rotatable bonds is 4. The maximum atomic E-state index is 6.12. The van der Waals surface area contributed by atoms with E-state index in [-0.39, 0.29) is 0 Å². The Kier molecular flexibility index (Phi) is 3.88. The van der Waals surface area contributed by atoms with Crippen LogP contribution in [0.25, 0.3) is 11.1 Å². The summed E-state index contributed by atoms with van der Waals surface area (Å²) in [5.41, 5.74) is 9.10. The van der Waals surface area contributed by atoms with Gasteiger partial charge in [0.05, 0.1) is 20.4 Å². The van der Waals surface area contributed by atoms with Crippen LogP contribution in [0.5, 0.6) is 11.5 Å². The van der Waals surface area contributed by atoms with Crippen LogP contribution < -0.4 is 15.2 Å². The molecule has 1 aromatic carbocycles. The summed E-state index contributed by atoms with van der Waals surface area (Å²) < 4.78 is 12.6. The number of hydrogen-bond acceptors (Lipinski definition) is 4. The third-order valence-electron chi connectivity index (χ3n) is 3.45. The zero-order valence-electron chi connectivity index (χ0n) is 12.6. The van der Waals surface area contributed by atoms with Crippen LogP contribution in [0.4, 0.5) is 5.82 Å². The molecule has 1 heterocycles. The van der Waals surface area contributed by atoms with Crippen LogP contribution in [0.3, 0.4) is 0 Å². The minimum atomic E-state index is 0.337. The lowest BCUT2D eigenvalue weighted by molar-refractivity contribution is 0.355. The average molecular weight is 275 g/mol. The number of nitrogens with two attached hydrogens (primary N) is 1. The summed E-state index contributed by atoms with van der Waals surface area (Å²) in [5.74, 6) is 2.33. The Labute approximate surface area is 119 Å². The molecule has 0 bridgehead atoms. The van der Waals surface area contributed by atoms with Gasteiger partial charge < -0.3 is 15.2 Å². The van der Waals surface area contributed by atoms with Crippen molar-refractivity contribution in [3.8, 4) is 22.6 Å². The normalized spacial score (nSPS) is 10.9. The molecule has 5 nitrogen and oxygen atoms in total. The molecule has 5 heteroatoms. The highest BCUT2D eigenvalue weighted by Gasteiger charge is 2.21. The molecule has 20 heavy (non-hydrogen) atoms. The van der Waals surface area contributed by atoms with E-state index < -0.39 is 0 Å². The zero-order chi connectivity index (χ0) is 14.9. The number of ether oxygens (including phenoxy) is 2. The van der Waals surface area contributed by atoms with Crippen LogP contribution in [0, 0.1) is 0 Å². The van der Waals surface area contributed by atoms with Crippen molar-refractivity contribution in [1.29, 1.82) is 0 Å². The molecule has 108 valence electrons. The Morgan fingerprint density at radius 3 is 2.35 bits per heavy atom. The number of nitrogens with zero attached hydrogens (tertiary/aromatic N) is 2. The summed E-state index contributed by atoms with van der Waals surface area (Å²) in [4.78, 5) is 0. The first-order chi connectivity index (χ1) is 9.51. The Balaban J connectivity index is 2.79. The van der Waals surface area contributed by atoms with E-state index in [0.29, 0.717) is 23.2 Å². The summed E-state index contributed by atoms with van der Waals surface area (Å²) in [5, 5.41) is 4.22. The molecule has 0 saturated heterocycles. The molecule has 0 atom stereocenters. The van der Waals surface area contributed by atoms with Gasteiger partial charge in [0.25, 0.3) is 0 Å². The largest absolute Gasteiger partial charge is 0.493 e. The molecule has 0 radical (unpaired) electrons. The molecule has 2 rings (SSSR count). The zero-order valence-corrected chi connectivity index (χ0v) is 12.6. The molecule has 0 unspecified atom stereocenters. The second-order valence-electron chi connectivity index (χ2n) is 4.99. The summed E-state index contributed by atoms with van der Waals surface area (Å²) in [6, 6.07) is 3.97. The molecular weight excluding hydrogens is 254 g/mol. The van der Waals surface area contributed by atoms with Crippen LogP contribution in [-0.2, 0) is 7.05 Å². The molecule has 0 aliphatic carbocycles. The molecule has 0 amide bonds. The first kappa shape index (κ1) is 14.2. The van der Waals surface area contributed by atoms with E-state index >= 15 is 0 Å². The van der Waals surface area contributed by atoms with Crippen molar-refractivity contribution in [2.45, 2.75) is 19.8 Å². The van der Waals surface area contributed by atoms with Crippen molar-refractivity contribution in [3.05, 3.63) is 23.9 Å². The molecule has 0 aliphatic rings. The molecule has 2 N–H and O–H groups in total. The Hall–Kier alpha value is -2.17. The van der Waals surface area contributed by atoms with Crippen LogP contribution >= 0.6 is 0 Å². The fraction of sp³-hybridized carbons (Fsp3) is 0.400. The number of methoxy groups -OCH3 is 2. The maximum Gasteiger partial charge on any atom is 0.169 e. The van der Waals surface area contributed by atoms with Crippen molar-refractivity contribution in [2.24, 2.45) is 7.05 Å². The molecule has 2 aromatic rings. The SMILES string of the molecule is COc1ccc(C(C)C)c(-c2cnn(C)c2N)c1OC. The lowest BCUT2D eigenvalue weighted by atomic mass is 9.92. The summed E-state index contributed by atoms with van der Waals surface area (Å²) >= 11 is 0. The summed E-state index contributed by atoms with van der Waals surface area (Å²) in [6.45, 7) is 4.27.